The van der Waals surface area contributed by atoms with Crippen molar-refractivity contribution in [3.63, 3.8) is 0 Å². The Balaban J connectivity index is 2.68. The van der Waals surface area contributed by atoms with Gasteiger partial charge in [0, 0.05) is 0 Å². The lowest BCUT2D eigenvalue weighted by molar-refractivity contribution is 0.0997. The van der Waals surface area contributed by atoms with E-state index in [0.717, 1.165) is 12.1 Å². The fourth-order valence-corrected chi connectivity index (χ4v) is 3.30. The minimum absolute atomic E-state index is 0.210. The highest BCUT2D eigenvalue weighted by Crippen LogP contribution is 2.27. The van der Waals surface area contributed by atoms with Crippen LogP contribution in [0.1, 0.15) is 10.4 Å². The highest BCUT2D eigenvalue weighted by Gasteiger charge is 2.24. The number of primary amides is 1. The molecule has 2 aromatic carbocycles. The van der Waals surface area contributed by atoms with Gasteiger partial charge in [-0.05, 0) is 36.4 Å². The van der Waals surface area contributed by atoms with Crippen LogP contribution in [0.5, 0.6) is 5.75 Å². The second-order valence-electron chi connectivity index (χ2n) is 4.19. The molecule has 7 heteroatoms. The van der Waals surface area contributed by atoms with E-state index in [2.05, 4.69) is 0 Å². The number of carbonyl (C=O) groups is 1. The number of hydrogen-bond acceptors (Lipinski definition) is 4. The quantitative estimate of drug-likeness (QED) is 0.932. The first-order valence-electron chi connectivity index (χ1n) is 5.85. The maximum absolute atomic E-state index is 13.2. The van der Waals surface area contributed by atoms with Gasteiger partial charge in [0.25, 0.3) is 0 Å². The molecule has 0 fully saturated rings. The predicted octanol–water partition coefficient (Wildman–Crippen LogP) is 1.77. The van der Waals surface area contributed by atoms with Crippen molar-refractivity contribution in [2.24, 2.45) is 5.73 Å². The molecule has 21 heavy (non-hydrogen) atoms. The minimum Gasteiger partial charge on any atom is -0.497 e. The van der Waals surface area contributed by atoms with Crippen molar-refractivity contribution in [1.29, 1.82) is 0 Å². The van der Waals surface area contributed by atoms with Gasteiger partial charge in [0.05, 0.1) is 22.5 Å². The van der Waals surface area contributed by atoms with Gasteiger partial charge in [0.1, 0.15) is 11.6 Å². The first-order valence-corrected chi connectivity index (χ1v) is 7.33. The number of methoxy groups -OCH3 is 1. The van der Waals surface area contributed by atoms with E-state index in [1.54, 1.807) is 0 Å². The number of carbonyl (C=O) groups excluding carboxylic acids is 1. The van der Waals surface area contributed by atoms with Crippen LogP contribution in [0.15, 0.2) is 52.3 Å². The van der Waals surface area contributed by atoms with Crippen LogP contribution in [0, 0.1) is 5.82 Å². The minimum atomic E-state index is -4.06. The van der Waals surface area contributed by atoms with Crippen molar-refractivity contribution in [2.75, 3.05) is 7.11 Å². The topological polar surface area (TPSA) is 86.5 Å². The molecule has 1 amide bonds. The zero-order chi connectivity index (χ0) is 15.6. The molecule has 0 bridgehead atoms. The lowest BCUT2D eigenvalue weighted by Crippen LogP contribution is -2.16. The van der Waals surface area contributed by atoms with Crippen LogP contribution in [0.2, 0.25) is 0 Å². The van der Waals surface area contributed by atoms with Gasteiger partial charge in [0.2, 0.25) is 15.7 Å². The summed E-state index contributed by atoms with van der Waals surface area (Å²) in [7, 11) is -2.68. The SMILES string of the molecule is COc1ccc(S(=O)(=O)c2cccc(F)c2)c(C(N)=O)c1. The van der Waals surface area contributed by atoms with E-state index in [1.807, 2.05) is 0 Å². The van der Waals surface area contributed by atoms with Crippen LogP contribution in [-0.2, 0) is 9.84 Å². The highest BCUT2D eigenvalue weighted by atomic mass is 32.2. The molecule has 0 saturated carbocycles. The number of ether oxygens (including phenoxy) is 1. The standard InChI is InChI=1S/C14H12FNO4S/c1-20-10-5-6-13(12(8-10)14(16)17)21(18,19)11-4-2-3-9(15)7-11/h2-8H,1H3,(H2,16,17). The number of sulfone groups is 1. The Kier molecular flexibility index (Phi) is 3.95. The van der Waals surface area contributed by atoms with Crippen molar-refractivity contribution in [2.45, 2.75) is 9.79 Å². The van der Waals surface area contributed by atoms with E-state index in [0.29, 0.717) is 5.75 Å². The number of amides is 1. The molecule has 0 heterocycles. The summed E-state index contributed by atoms with van der Waals surface area (Å²) in [5, 5.41) is 0. The summed E-state index contributed by atoms with van der Waals surface area (Å²) in [4.78, 5) is 10.9. The van der Waals surface area contributed by atoms with Gasteiger partial charge >= 0.3 is 0 Å². The molecule has 0 saturated heterocycles. The Labute approximate surface area is 121 Å². The number of nitrogens with two attached hydrogens (primary N) is 1. The molecule has 0 radical (unpaired) electrons. The van der Waals surface area contributed by atoms with Gasteiger partial charge < -0.3 is 10.5 Å². The number of hydrogen-bond donors (Lipinski definition) is 1. The average molecular weight is 309 g/mol. The fraction of sp³-hybridized carbons (Fsp3) is 0.0714. The van der Waals surface area contributed by atoms with Crippen molar-refractivity contribution < 1.29 is 22.3 Å². The molecule has 0 aliphatic carbocycles. The molecule has 5 nitrogen and oxygen atoms in total. The Morgan fingerprint density at radius 2 is 1.90 bits per heavy atom. The highest BCUT2D eigenvalue weighted by molar-refractivity contribution is 7.91. The summed E-state index contributed by atoms with van der Waals surface area (Å²) in [6.07, 6.45) is 0. The van der Waals surface area contributed by atoms with Gasteiger partial charge in [-0.3, -0.25) is 4.79 Å². The van der Waals surface area contributed by atoms with Crippen molar-refractivity contribution in [3.05, 3.63) is 53.8 Å². The van der Waals surface area contributed by atoms with Crippen LogP contribution in [0.3, 0.4) is 0 Å². The van der Waals surface area contributed by atoms with Gasteiger partial charge in [-0.1, -0.05) is 6.07 Å². The van der Waals surface area contributed by atoms with E-state index in [9.17, 15) is 17.6 Å². The molecule has 0 aliphatic heterocycles. The normalized spacial score (nSPS) is 11.1. The Morgan fingerprint density at radius 1 is 1.19 bits per heavy atom. The van der Waals surface area contributed by atoms with Crippen molar-refractivity contribution >= 4 is 15.7 Å². The second-order valence-corrected chi connectivity index (χ2v) is 6.11. The first-order chi connectivity index (χ1) is 9.86. The summed E-state index contributed by atoms with van der Waals surface area (Å²) in [6.45, 7) is 0. The molecular weight excluding hydrogens is 297 g/mol. The van der Waals surface area contributed by atoms with E-state index < -0.39 is 21.6 Å². The van der Waals surface area contributed by atoms with Crippen molar-refractivity contribution in [1.82, 2.24) is 0 Å². The number of rotatable bonds is 4. The molecule has 2 rings (SSSR count). The van der Waals surface area contributed by atoms with E-state index in [4.69, 9.17) is 10.5 Å². The summed E-state index contributed by atoms with van der Waals surface area (Å²) >= 11 is 0. The molecule has 0 aliphatic rings. The van der Waals surface area contributed by atoms with Crippen LogP contribution >= 0.6 is 0 Å². The molecule has 0 atom stereocenters. The molecule has 0 unspecified atom stereocenters. The summed E-state index contributed by atoms with van der Waals surface area (Å²) < 4.78 is 43.1. The van der Waals surface area contributed by atoms with Gasteiger partial charge in [0.15, 0.2) is 0 Å². The van der Waals surface area contributed by atoms with Crippen LogP contribution in [0.4, 0.5) is 4.39 Å². The Bertz CT molecular complexity index is 802. The first kappa shape index (κ1) is 15.0. The van der Waals surface area contributed by atoms with Crippen LogP contribution in [-0.4, -0.2) is 21.4 Å². The fourth-order valence-electron chi connectivity index (χ4n) is 1.82. The Hall–Kier alpha value is -2.41. The summed E-state index contributed by atoms with van der Waals surface area (Å²) in [5.74, 6) is -1.31. The average Bonchev–Trinajstić information content (AvgIpc) is 2.46. The summed E-state index contributed by atoms with van der Waals surface area (Å²) in [6, 6.07) is 8.35. The maximum Gasteiger partial charge on any atom is 0.250 e. The van der Waals surface area contributed by atoms with Gasteiger partial charge in [-0.15, -0.1) is 0 Å². The molecule has 110 valence electrons. The van der Waals surface area contributed by atoms with Gasteiger partial charge in [-0.2, -0.15) is 0 Å². The molecule has 2 N–H and O–H groups in total. The van der Waals surface area contributed by atoms with E-state index in [-0.39, 0.29) is 15.4 Å². The van der Waals surface area contributed by atoms with E-state index in [1.165, 1.54) is 37.4 Å². The largest absolute Gasteiger partial charge is 0.497 e. The van der Waals surface area contributed by atoms with Crippen LogP contribution < -0.4 is 10.5 Å². The van der Waals surface area contributed by atoms with E-state index >= 15 is 0 Å². The molecule has 2 aromatic rings. The smallest absolute Gasteiger partial charge is 0.250 e. The lowest BCUT2D eigenvalue weighted by Gasteiger charge is -2.10. The lowest BCUT2D eigenvalue weighted by atomic mass is 10.2. The molecule has 0 aromatic heterocycles. The number of benzene rings is 2. The number of halogens is 1. The Morgan fingerprint density at radius 3 is 2.48 bits per heavy atom. The zero-order valence-electron chi connectivity index (χ0n) is 11.0. The van der Waals surface area contributed by atoms with Gasteiger partial charge in [-0.25, -0.2) is 12.8 Å². The maximum atomic E-state index is 13.2. The third-order valence-corrected chi connectivity index (χ3v) is 4.66. The predicted molar refractivity (Wildman–Crippen MR) is 73.4 cm³/mol. The third-order valence-electron chi connectivity index (χ3n) is 2.85. The monoisotopic (exact) mass is 309 g/mol. The van der Waals surface area contributed by atoms with Crippen LogP contribution in [0.25, 0.3) is 0 Å². The second kappa shape index (κ2) is 5.53. The molecular formula is C14H12FNO4S. The zero-order valence-corrected chi connectivity index (χ0v) is 11.9. The van der Waals surface area contributed by atoms with Crippen molar-refractivity contribution in [3.8, 4) is 5.75 Å². The third kappa shape index (κ3) is 2.87. The summed E-state index contributed by atoms with van der Waals surface area (Å²) in [5.41, 5.74) is 5.00. The molecule has 0 spiro atoms.